The van der Waals surface area contributed by atoms with Crippen molar-refractivity contribution in [2.24, 2.45) is 5.41 Å². The maximum Gasteiger partial charge on any atom is 0.321 e. The van der Waals surface area contributed by atoms with Gasteiger partial charge in [-0.3, -0.25) is 0 Å². The molecule has 0 bridgehead atoms. The smallest absolute Gasteiger partial charge is 0.321 e. The van der Waals surface area contributed by atoms with Crippen molar-refractivity contribution in [2.45, 2.75) is 19.8 Å². The third-order valence-electron chi connectivity index (χ3n) is 4.54. The molecule has 2 amide bonds. The molecule has 1 aromatic rings. The van der Waals surface area contributed by atoms with Gasteiger partial charge in [-0.25, -0.2) is 4.79 Å². The number of aryl methyl sites for hydroxylation is 1. The molecule has 6 nitrogen and oxygen atoms in total. The van der Waals surface area contributed by atoms with Crippen LogP contribution in [0, 0.1) is 23.7 Å². The molecule has 0 spiro atoms. The number of rotatable bonds is 4. The third-order valence-corrected chi connectivity index (χ3v) is 4.54. The third kappa shape index (κ3) is 4.25. The normalized spacial score (nSPS) is 20.8. The predicted octanol–water partition coefficient (Wildman–Crippen LogP) is 2.03. The molecular formula is C18H26N4O2. The van der Waals surface area contributed by atoms with E-state index >= 15 is 0 Å². The topological polar surface area (TPSA) is 79.6 Å². The van der Waals surface area contributed by atoms with Gasteiger partial charge in [-0.15, -0.1) is 0 Å². The van der Waals surface area contributed by atoms with E-state index in [1.54, 1.807) is 17.0 Å². The number of benzene rings is 1. The van der Waals surface area contributed by atoms with Crippen LogP contribution in [0.3, 0.4) is 0 Å². The SMILES string of the molecule is Cc1ccc(NC(=O)N2CCC[C@@](CO)(CN(C)C)C2)cc1C#N. The number of nitrogens with zero attached hydrogens (tertiary/aromatic N) is 3. The second kappa shape index (κ2) is 7.65. The second-order valence-corrected chi connectivity index (χ2v) is 6.99. The number of nitrogens with one attached hydrogen (secondary N) is 1. The summed E-state index contributed by atoms with van der Waals surface area (Å²) < 4.78 is 0. The van der Waals surface area contributed by atoms with Crippen LogP contribution in [0.1, 0.15) is 24.0 Å². The van der Waals surface area contributed by atoms with E-state index in [1.807, 2.05) is 27.1 Å². The Hall–Kier alpha value is -2.10. The van der Waals surface area contributed by atoms with E-state index in [0.29, 0.717) is 24.3 Å². The molecule has 1 aromatic carbocycles. The van der Waals surface area contributed by atoms with Crippen molar-refractivity contribution in [2.75, 3.05) is 45.7 Å². The summed E-state index contributed by atoms with van der Waals surface area (Å²) in [4.78, 5) is 16.4. The zero-order chi connectivity index (χ0) is 17.7. The maximum absolute atomic E-state index is 12.6. The lowest BCUT2D eigenvalue weighted by molar-refractivity contribution is 0.0294. The van der Waals surface area contributed by atoms with Crippen molar-refractivity contribution >= 4 is 11.7 Å². The van der Waals surface area contributed by atoms with Crippen LogP contribution in [0.25, 0.3) is 0 Å². The van der Waals surface area contributed by atoms with E-state index in [1.165, 1.54) is 0 Å². The van der Waals surface area contributed by atoms with Crippen LogP contribution in [-0.4, -0.2) is 61.3 Å². The molecule has 1 heterocycles. The van der Waals surface area contributed by atoms with Crippen LogP contribution < -0.4 is 5.32 Å². The highest BCUT2D eigenvalue weighted by Gasteiger charge is 2.37. The molecule has 24 heavy (non-hydrogen) atoms. The van der Waals surface area contributed by atoms with Crippen LogP contribution in [-0.2, 0) is 0 Å². The monoisotopic (exact) mass is 330 g/mol. The average Bonchev–Trinajstić information content (AvgIpc) is 2.56. The first kappa shape index (κ1) is 18.2. The molecule has 1 aliphatic rings. The van der Waals surface area contributed by atoms with E-state index < -0.39 is 0 Å². The predicted molar refractivity (Wildman–Crippen MR) is 93.8 cm³/mol. The van der Waals surface area contributed by atoms with Gasteiger partial charge in [0.15, 0.2) is 0 Å². The Morgan fingerprint density at radius 3 is 2.88 bits per heavy atom. The van der Waals surface area contributed by atoms with E-state index in [0.717, 1.165) is 24.9 Å². The Bertz CT molecular complexity index is 638. The van der Waals surface area contributed by atoms with Gasteiger partial charge in [0.2, 0.25) is 0 Å². The zero-order valence-corrected chi connectivity index (χ0v) is 14.7. The van der Waals surface area contributed by atoms with Gasteiger partial charge in [-0.1, -0.05) is 6.07 Å². The average molecular weight is 330 g/mol. The van der Waals surface area contributed by atoms with Crippen molar-refractivity contribution < 1.29 is 9.90 Å². The van der Waals surface area contributed by atoms with Crippen molar-refractivity contribution in [1.82, 2.24) is 9.80 Å². The number of amides is 2. The van der Waals surface area contributed by atoms with E-state index in [-0.39, 0.29) is 18.1 Å². The van der Waals surface area contributed by atoms with Gasteiger partial charge in [-0.05, 0) is 51.6 Å². The van der Waals surface area contributed by atoms with Gasteiger partial charge in [0.05, 0.1) is 18.2 Å². The van der Waals surface area contributed by atoms with Crippen LogP contribution in [0.5, 0.6) is 0 Å². The highest BCUT2D eigenvalue weighted by Crippen LogP contribution is 2.30. The number of hydrogen-bond acceptors (Lipinski definition) is 4. The number of nitriles is 1. The van der Waals surface area contributed by atoms with Gasteiger partial charge in [-0.2, -0.15) is 5.26 Å². The lowest BCUT2D eigenvalue weighted by atomic mass is 9.80. The van der Waals surface area contributed by atoms with Crippen molar-refractivity contribution in [1.29, 1.82) is 5.26 Å². The Kier molecular flexibility index (Phi) is 5.81. The van der Waals surface area contributed by atoms with Gasteiger partial charge in [0.1, 0.15) is 0 Å². The molecule has 0 aliphatic carbocycles. The Labute approximate surface area is 143 Å². The molecule has 1 fully saturated rings. The van der Waals surface area contributed by atoms with Crippen LogP contribution >= 0.6 is 0 Å². The van der Waals surface area contributed by atoms with E-state index in [2.05, 4.69) is 16.3 Å². The van der Waals surface area contributed by atoms with Crippen LogP contribution in [0.2, 0.25) is 0 Å². The molecule has 0 unspecified atom stereocenters. The van der Waals surface area contributed by atoms with Crippen LogP contribution in [0.15, 0.2) is 18.2 Å². The fraction of sp³-hybridized carbons (Fsp3) is 0.556. The van der Waals surface area contributed by atoms with Gasteiger partial charge >= 0.3 is 6.03 Å². The Morgan fingerprint density at radius 2 is 2.25 bits per heavy atom. The number of aliphatic hydroxyl groups is 1. The standard InChI is InChI=1S/C18H26N4O2/c1-14-5-6-16(9-15(14)10-19)20-17(24)22-8-4-7-18(12-22,13-23)11-21(2)3/h5-6,9,23H,4,7-8,11-13H2,1-3H3,(H,20,24)/t18-/m1/s1. The summed E-state index contributed by atoms with van der Waals surface area (Å²) in [7, 11) is 3.96. The largest absolute Gasteiger partial charge is 0.396 e. The number of carbonyl (C=O) groups is 1. The zero-order valence-electron chi connectivity index (χ0n) is 14.7. The highest BCUT2D eigenvalue weighted by atomic mass is 16.3. The number of carbonyl (C=O) groups excluding carboxylic acids is 1. The number of piperidine rings is 1. The summed E-state index contributed by atoms with van der Waals surface area (Å²) >= 11 is 0. The first-order valence-electron chi connectivity index (χ1n) is 8.21. The van der Waals surface area contributed by atoms with Gasteiger partial charge in [0.25, 0.3) is 0 Å². The molecule has 2 rings (SSSR count). The molecule has 2 N–H and O–H groups in total. The lowest BCUT2D eigenvalue weighted by Gasteiger charge is -2.43. The molecule has 6 heteroatoms. The molecule has 0 radical (unpaired) electrons. The molecule has 1 aliphatic heterocycles. The lowest BCUT2D eigenvalue weighted by Crippen LogP contribution is -2.52. The Morgan fingerprint density at radius 1 is 1.50 bits per heavy atom. The molecule has 1 atom stereocenters. The minimum Gasteiger partial charge on any atom is -0.396 e. The van der Waals surface area contributed by atoms with Crippen molar-refractivity contribution in [3.05, 3.63) is 29.3 Å². The molecule has 0 saturated carbocycles. The van der Waals surface area contributed by atoms with Crippen LogP contribution in [0.4, 0.5) is 10.5 Å². The number of aliphatic hydroxyl groups excluding tert-OH is 1. The summed E-state index contributed by atoms with van der Waals surface area (Å²) in [6, 6.07) is 7.27. The number of hydrogen-bond donors (Lipinski definition) is 2. The fourth-order valence-electron chi connectivity index (χ4n) is 3.38. The summed E-state index contributed by atoms with van der Waals surface area (Å²) in [6.45, 7) is 3.89. The molecule has 0 aromatic heterocycles. The van der Waals surface area contributed by atoms with E-state index in [9.17, 15) is 9.90 Å². The van der Waals surface area contributed by atoms with E-state index in [4.69, 9.17) is 5.26 Å². The number of urea groups is 1. The number of likely N-dealkylation sites (tertiary alicyclic amines) is 1. The summed E-state index contributed by atoms with van der Waals surface area (Å²) in [5.41, 5.74) is 1.79. The number of anilines is 1. The minimum atomic E-state index is -0.274. The second-order valence-electron chi connectivity index (χ2n) is 6.99. The first-order valence-corrected chi connectivity index (χ1v) is 8.21. The van der Waals surface area contributed by atoms with Gasteiger partial charge < -0.3 is 20.2 Å². The van der Waals surface area contributed by atoms with Gasteiger partial charge in [0, 0.05) is 30.7 Å². The van der Waals surface area contributed by atoms with Crippen molar-refractivity contribution in [3.8, 4) is 6.07 Å². The molecule has 130 valence electrons. The Balaban J connectivity index is 2.08. The minimum absolute atomic E-state index is 0.0675. The first-order chi connectivity index (χ1) is 11.4. The maximum atomic E-state index is 12.6. The molecule has 1 saturated heterocycles. The molecular weight excluding hydrogens is 304 g/mol. The summed E-state index contributed by atoms with van der Waals surface area (Å²) in [5.74, 6) is 0. The van der Waals surface area contributed by atoms with Crippen molar-refractivity contribution in [3.63, 3.8) is 0 Å². The quantitative estimate of drug-likeness (QED) is 0.885. The summed E-state index contributed by atoms with van der Waals surface area (Å²) in [5, 5.41) is 21.8. The summed E-state index contributed by atoms with van der Waals surface area (Å²) in [6.07, 6.45) is 1.79. The highest BCUT2D eigenvalue weighted by molar-refractivity contribution is 5.89. The fourth-order valence-corrected chi connectivity index (χ4v) is 3.38.